The van der Waals surface area contributed by atoms with Crippen LogP contribution in [0.25, 0.3) is 17.0 Å². The molecular weight excluding hydrogens is 349 g/mol. The van der Waals surface area contributed by atoms with Crippen molar-refractivity contribution in [2.45, 2.75) is 32.9 Å². The van der Waals surface area contributed by atoms with E-state index in [-0.39, 0.29) is 24.5 Å². The molecule has 3 rings (SSSR count). The number of carbonyl (C=O) groups is 1. The highest BCUT2D eigenvalue weighted by molar-refractivity contribution is 6.32. The molecule has 0 saturated heterocycles. The van der Waals surface area contributed by atoms with Crippen molar-refractivity contribution in [2.75, 3.05) is 13.6 Å². The molecule has 2 aromatic rings. The van der Waals surface area contributed by atoms with Gasteiger partial charge in [-0.3, -0.25) is 0 Å². The van der Waals surface area contributed by atoms with Crippen molar-refractivity contribution in [3.63, 3.8) is 0 Å². The van der Waals surface area contributed by atoms with Gasteiger partial charge in [0.1, 0.15) is 11.3 Å². The van der Waals surface area contributed by atoms with Gasteiger partial charge < -0.3 is 14.1 Å². The van der Waals surface area contributed by atoms with Gasteiger partial charge in [0.2, 0.25) is 0 Å². The van der Waals surface area contributed by atoms with Crippen molar-refractivity contribution in [3.05, 3.63) is 40.1 Å². The zero-order valence-electron chi connectivity index (χ0n) is 14.0. The second-order valence-electron chi connectivity index (χ2n) is 6.15. The molecule has 1 aromatic carbocycles. The Balaban J connectivity index is 0.00000208. The van der Waals surface area contributed by atoms with Crippen LogP contribution in [0.15, 0.2) is 22.6 Å². The van der Waals surface area contributed by atoms with Crippen LogP contribution < -0.4 is 0 Å². The van der Waals surface area contributed by atoms with E-state index in [9.17, 15) is 4.79 Å². The summed E-state index contributed by atoms with van der Waals surface area (Å²) in [5.74, 6) is 0.325. The lowest BCUT2D eigenvalue weighted by atomic mass is 10.0. The molecule has 0 spiro atoms. The molecule has 0 saturated carbocycles. The zero-order valence-corrected chi connectivity index (χ0v) is 15.5. The third-order valence-electron chi connectivity index (χ3n) is 3.93. The number of furan rings is 1. The molecule has 1 aliphatic heterocycles. The predicted molar refractivity (Wildman–Crippen MR) is 98.8 cm³/mol. The molecule has 0 radical (unpaired) electrons. The summed E-state index contributed by atoms with van der Waals surface area (Å²) in [5.41, 5.74) is 3.01. The van der Waals surface area contributed by atoms with Gasteiger partial charge in [-0.1, -0.05) is 11.6 Å². The predicted octanol–water partition coefficient (Wildman–Crippen LogP) is 4.46. The Morgan fingerprint density at radius 3 is 2.83 bits per heavy atom. The Hall–Kier alpha value is -1.49. The summed E-state index contributed by atoms with van der Waals surface area (Å²) in [6, 6.07) is 3.76. The van der Waals surface area contributed by atoms with Crippen LogP contribution in [0, 0.1) is 0 Å². The molecule has 0 atom stereocenters. The van der Waals surface area contributed by atoms with Gasteiger partial charge in [-0.25, -0.2) is 4.79 Å². The van der Waals surface area contributed by atoms with Crippen LogP contribution in [0.4, 0.5) is 0 Å². The molecular formula is C18H21Cl2NO3. The van der Waals surface area contributed by atoms with Crippen molar-refractivity contribution < 1.29 is 13.9 Å². The Morgan fingerprint density at radius 1 is 1.38 bits per heavy atom. The highest BCUT2D eigenvalue weighted by atomic mass is 35.5. The number of carbonyl (C=O) groups excluding carboxylic acids is 1. The second kappa shape index (κ2) is 7.60. The number of nitrogens with zero attached hydrogens (tertiary/aromatic N) is 1. The second-order valence-corrected chi connectivity index (χ2v) is 6.56. The summed E-state index contributed by atoms with van der Waals surface area (Å²) in [4.78, 5) is 14.0. The Labute approximate surface area is 152 Å². The molecule has 0 amide bonds. The average Bonchev–Trinajstić information content (AvgIpc) is 2.70. The summed E-state index contributed by atoms with van der Waals surface area (Å²) in [6.07, 6.45) is 3.86. The highest BCUT2D eigenvalue weighted by Gasteiger charge is 2.22. The van der Waals surface area contributed by atoms with Gasteiger partial charge in [0, 0.05) is 35.1 Å². The van der Waals surface area contributed by atoms with Crippen LogP contribution in [0.3, 0.4) is 0 Å². The first-order valence-electron chi connectivity index (χ1n) is 7.75. The summed E-state index contributed by atoms with van der Waals surface area (Å²) < 4.78 is 11.1. The molecule has 2 heterocycles. The number of esters is 1. The van der Waals surface area contributed by atoms with Crippen LogP contribution in [-0.2, 0) is 22.5 Å². The summed E-state index contributed by atoms with van der Waals surface area (Å²) >= 11 is 6.37. The van der Waals surface area contributed by atoms with Crippen LogP contribution in [-0.4, -0.2) is 30.6 Å². The monoisotopic (exact) mass is 369 g/mol. The molecule has 4 nitrogen and oxygen atoms in total. The molecule has 0 fully saturated rings. The van der Waals surface area contributed by atoms with Crippen LogP contribution >= 0.6 is 24.0 Å². The van der Waals surface area contributed by atoms with Crippen LogP contribution in [0.1, 0.15) is 30.7 Å². The van der Waals surface area contributed by atoms with E-state index in [4.69, 9.17) is 20.8 Å². The topological polar surface area (TPSA) is 42.7 Å². The third-order valence-corrected chi connectivity index (χ3v) is 4.28. The smallest absolute Gasteiger partial charge is 0.331 e. The Bertz CT molecular complexity index is 780. The van der Waals surface area contributed by atoms with Gasteiger partial charge in [0.25, 0.3) is 0 Å². The molecule has 1 aromatic heterocycles. The fraction of sp³-hybridized carbons (Fsp3) is 0.389. The lowest BCUT2D eigenvalue weighted by Gasteiger charge is -2.12. The first-order chi connectivity index (χ1) is 11.0. The van der Waals surface area contributed by atoms with E-state index in [0.717, 1.165) is 46.6 Å². The number of halogens is 2. The molecule has 24 heavy (non-hydrogen) atoms. The molecule has 0 N–H and O–H groups in total. The minimum atomic E-state index is -0.368. The molecule has 0 bridgehead atoms. The maximum atomic E-state index is 11.7. The van der Waals surface area contributed by atoms with Gasteiger partial charge in [0.15, 0.2) is 0 Å². The van der Waals surface area contributed by atoms with E-state index >= 15 is 0 Å². The van der Waals surface area contributed by atoms with E-state index in [1.807, 2.05) is 26.0 Å². The van der Waals surface area contributed by atoms with E-state index in [2.05, 4.69) is 11.9 Å². The van der Waals surface area contributed by atoms with Gasteiger partial charge >= 0.3 is 5.97 Å². The fourth-order valence-electron chi connectivity index (χ4n) is 2.92. The molecule has 0 aliphatic carbocycles. The van der Waals surface area contributed by atoms with Gasteiger partial charge in [-0.05, 0) is 51.1 Å². The first-order valence-corrected chi connectivity index (χ1v) is 8.13. The number of likely N-dealkylation sites (N-methyl/N-ethyl adjacent to an activating group) is 1. The van der Waals surface area contributed by atoms with Crippen LogP contribution in [0.5, 0.6) is 0 Å². The van der Waals surface area contributed by atoms with Gasteiger partial charge in [-0.15, -0.1) is 12.4 Å². The largest absolute Gasteiger partial charge is 0.460 e. The summed E-state index contributed by atoms with van der Waals surface area (Å²) in [5, 5.41) is 1.85. The summed E-state index contributed by atoms with van der Waals surface area (Å²) in [7, 11) is 2.07. The van der Waals surface area contributed by atoms with Crippen molar-refractivity contribution in [2.24, 2.45) is 0 Å². The van der Waals surface area contributed by atoms with Crippen molar-refractivity contribution in [3.8, 4) is 0 Å². The maximum Gasteiger partial charge on any atom is 0.331 e. The van der Waals surface area contributed by atoms with Crippen molar-refractivity contribution >= 4 is 47.0 Å². The lowest BCUT2D eigenvalue weighted by Crippen LogP contribution is -2.18. The van der Waals surface area contributed by atoms with Gasteiger partial charge in [-0.2, -0.15) is 0 Å². The van der Waals surface area contributed by atoms with E-state index in [0.29, 0.717) is 5.76 Å². The molecule has 130 valence electrons. The fourth-order valence-corrected chi connectivity index (χ4v) is 3.18. The normalized spacial score (nSPS) is 14.9. The summed E-state index contributed by atoms with van der Waals surface area (Å²) in [6.45, 7) is 5.35. The first kappa shape index (κ1) is 18.8. The minimum Gasteiger partial charge on any atom is -0.460 e. The Morgan fingerprint density at radius 2 is 2.12 bits per heavy atom. The standard InChI is InChI=1S/C18H20ClNO3.ClH/c1-11(2)22-17(21)7-6-15-13-10-20(3)9-8-12-14(19)4-5-16(23-15)18(12)13;/h4-7,11H,8-10H2,1-3H3;1H/b7-6+;. The number of hydrogen-bond donors (Lipinski definition) is 0. The van der Waals surface area contributed by atoms with Crippen LogP contribution in [0.2, 0.25) is 5.02 Å². The average molecular weight is 370 g/mol. The minimum absolute atomic E-state index is 0. The molecule has 6 heteroatoms. The lowest BCUT2D eigenvalue weighted by molar-refractivity contribution is -0.141. The number of hydrogen-bond acceptors (Lipinski definition) is 4. The highest BCUT2D eigenvalue weighted by Crippen LogP contribution is 2.36. The Kier molecular flexibility index (Phi) is 5.97. The third kappa shape index (κ3) is 3.77. The number of ether oxygens (including phenoxy) is 1. The van der Waals surface area contributed by atoms with E-state index in [1.54, 1.807) is 6.08 Å². The van der Waals surface area contributed by atoms with Gasteiger partial charge in [0.05, 0.1) is 6.10 Å². The molecule has 0 unspecified atom stereocenters. The molecule has 1 aliphatic rings. The van der Waals surface area contributed by atoms with E-state index < -0.39 is 0 Å². The van der Waals surface area contributed by atoms with Crippen molar-refractivity contribution in [1.29, 1.82) is 0 Å². The van der Waals surface area contributed by atoms with Crippen molar-refractivity contribution in [1.82, 2.24) is 4.90 Å². The SMILES string of the molecule is CC(C)OC(=O)/C=C/c1oc2ccc(Cl)c3c2c1CN(C)CC3.Cl. The maximum absolute atomic E-state index is 11.7. The zero-order chi connectivity index (χ0) is 16.6. The van der Waals surface area contributed by atoms with E-state index in [1.165, 1.54) is 6.08 Å². The number of benzene rings is 1. The number of rotatable bonds is 3. The quantitative estimate of drug-likeness (QED) is 0.591.